The monoisotopic (exact) mass is 265 g/mol. The first-order valence-electron chi connectivity index (χ1n) is 7.08. The molecule has 5 heteroatoms. The van der Waals surface area contributed by atoms with Crippen LogP contribution in [-0.4, -0.2) is 22.9 Å². The van der Waals surface area contributed by atoms with Crippen molar-refractivity contribution in [2.75, 3.05) is 0 Å². The van der Waals surface area contributed by atoms with Crippen molar-refractivity contribution < 1.29 is 19.5 Å². The van der Waals surface area contributed by atoms with Crippen LogP contribution in [0.2, 0.25) is 0 Å². The van der Waals surface area contributed by atoms with E-state index < -0.39 is 18.3 Å². The van der Waals surface area contributed by atoms with E-state index in [2.05, 4.69) is 5.32 Å². The van der Waals surface area contributed by atoms with Crippen LogP contribution in [0, 0.1) is 29.6 Å². The highest BCUT2D eigenvalue weighted by molar-refractivity contribution is 6.03. The average molecular weight is 265 g/mol. The van der Waals surface area contributed by atoms with Crippen LogP contribution in [0.25, 0.3) is 0 Å². The van der Waals surface area contributed by atoms with Gasteiger partial charge in [-0.2, -0.15) is 0 Å². The van der Waals surface area contributed by atoms with Crippen molar-refractivity contribution in [2.24, 2.45) is 29.6 Å². The molecule has 4 aliphatic carbocycles. The van der Waals surface area contributed by atoms with Gasteiger partial charge in [0.15, 0.2) is 0 Å². The summed E-state index contributed by atoms with van der Waals surface area (Å²) in [6.45, 7) is 0. The van der Waals surface area contributed by atoms with Gasteiger partial charge in [-0.15, -0.1) is 0 Å². The van der Waals surface area contributed by atoms with Crippen molar-refractivity contribution in [3.05, 3.63) is 0 Å². The molecule has 5 nitrogen and oxygen atoms in total. The van der Waals surface area contributed by atoms with Crippen molar-refractivity contribution >= 4 is 17.8 Å². The molecule has 0 spiro atoms. The lowest BCUT2D eigenvalue weighted by Crippen LogP contribution is -2.52. The Labute approximate surface area is 111 Å². The van der Waals surface area contributed by atoms with Gasteiger partial charge in [0.05, 0.1) is 0 Å². The van der Waals surface area contributed by atoms with Crippen LogP contribution in [0.4, 0.5) is 0 Å². The summed E-state index contributed by atoms with van der Waals surface area (Å²) in [5, 5.41) is 10.8. The molecule has 4 saturated carbocycles. The summed E-state index contributed by atoms with van der Waals surface area (Å²) >= 11 is 0. The molecule has 0 aliphatic heterocycles. The number of aliphatic carboxylic acids is 1. The molecule has 2 amide bonds. The number of carbonyl (C=O) groups excluding carboxylic acids is 2. The van der Waals surface area contributed by atoms with E-state index in [1.54, 1.807) is 0 Å². The van der Waals surface area contributed by atoms with E-state index in [0.29, 0.717) is 11.8 Å². The summed E-state index contributed by atoms with van der Waals surface area (Å²) in [6.07, 6.45) is 5.13. The minimum Gasteiger partial charge on any atom is -0.481 e. The average Bonchev–Trinajstić information content (AvgIpc) is 2.25. The molecule has 104 valence electrons. The van der Waals surface area contributed by atoms with E-state index >= 15 is 0 Å². The maximum absolute atomic E-state index is 12.2. The van der Waals surface area contributed by atoms with Gasteiger partial charge >= 0.3 is 5.97 Å². The number of hydrogen-bond donors (Lipinski definition) is 2. The fourth-order valence-corrected chi connectivity index (χ4v) is 4.76. The van der Waals surface area contributed by atoms with E-state index in [-0.39, 0.29) is 11.8 Å². The van der Waals surface area contributed by atoms with Gasteiger partial charge in [0.2, 0.25) is 11.8 Å². The number of rotatable bonds is 3. The summed E-state index contributed by atoms with van der Waals surface area (Å²) in [6, 6.07) is 0. The first kappa shape index (κ1) is 12.6. The van der Waals surface area contributed by atoms with Crippen LogP contribution < -0.4 is 5.32 Å². The maximum atomic E-state index is 12.2. The van der Waals surface area contributed by atoms with Crippen LogP contribution in [0.15, 0.2) is 0 Å². The number of carbonyl (C=O) groups is 3. The van der Waals surface area contributed by atoms with Gasteiger partial charge in [0.25, 0.3) is 0 Å². The number of carboxylic acid groups (broad SMARTS) is 1. The molecule has 0 saturated heterocycles. The largest absolute Gasteiger partial charge is 0.481 e. The molecule has 0 heterocycles. The second-order valence-electron chi connectivity index (χ2n) is 6.44. The number of amides is 2. The first-order valence-corrected chi connectivity index (χ1v) is 7.08. The Bertz CT molecular complexity index is 403. The number of carboxylic acids is 1. The number of hydrogen-bond acceptors (Lipinski definition) is 3. The van der Waals surface area contributed by atoms with Gasteiger partial charge in [-0.3, -0.25) is 19.7 Å². The van der Waals surface area contributed by atoms with Crippen molar-refractivity contribution in [3.8, 4) is 0 Å². The van der Waals surface area contributed by atoms with E-state index in [1.807, 2.05) is 0 Å². The predicted octanol–water partition coefficient (Wildman–Crippen LogP) is 1.18. The van der Waals surface area contributed by atoms with Gasteiger partial charge in [-0.25, -0.2) is 0 Å². The smallest absolute Gasteiger partial charge is 0.312 e. The molecule has 4 bridgehead atoms. The third-order valence-electron chi connectivity index (χ3n) is 5.10. The van der Waals surface area contributed by atoms with E-state index in [0.717, 1.165) is 37.5 Å². The molecule has 0 aromatic heterocycles. The lowest BCUT2D eigenvalue weighted by molar-refractivity contribution is -0.145. The zero-order chi connectivity index (χ0) is 13.6. The summed E-state index contributed by atoms with van der Waals surface area (Å²) in [5.74, 6) is 0.192. The molecule has 0 aromatic rings. The molecule has 4 aliphatic rings. The number of imide groups is 1. The first-order chi connectivity index (χ1) is 9.02. The predicted molar refractivity (Wildman–Crippen MR) is 65.9 cm³/mol. The lowest BCUT2D eigenvalue weighted by Gasteiger charge is -2.53. The SMILES string of the molecule is O=C(O)CC(=O)NC(=O)C1C2CC3CC(C2)CC1C3. The van der Waals surface area contributed by atoms with E-state index in [1.165, 1.54) is 6.42 Å². The Balaban J connectivity index is 1.64. The van der Waals surface area contributed by atoms with Gasteiger partial charge in [-0.05, 0) is 55.8 Å². The van der Waals surface area contributed by atoms with Crippen LogP contribution >= 0.6 is 0 Å². The third-order valence-corrected chi connectivity index (χ3v) is 5.10. The molecule has 0 atom stereocenters. The minimum absolute atomic E-state index is 0.0643. The Kier molecular flexibility index (Phi) is 3.07. The maximum Gasteiger partial charge on any atom is 0.312 e. The van der Waals surface area contributed by atoms with Gasteiger partial charge in [-0.1, -0.05) is 0 Å². The van der Waals surface area contributed by atoms with Crippen LogP contribution in [0.3, 0.4) is 0 Å². The zero-order valence-electron chi connectivity index (χ0n) is 10.8. The Morgan fingerprint density at radius 1 is 0.947 bits per heavy atom. The van der Waals surface area contributed by atoms with Crippen molar-refractivity contribution in [2.45, 2.75) is 38.5 Å². The minimum atomic E-state index is -1.20. The summed E-state index contributed by atoms with van der Waals surface area (Å²) in [7, 11) is 0. The zero-order valence-corrected chi connectivity index (χ0v) is 10.8. The van der Waals surface area contributed by atoms with Crippen LogP contribution in [0.5, 0.6) is 0 Å². The van der Waals surface area contributed by atoms with Gasteiger partial charge in [0, 0.05) is 5.92 Å². The molecule has 19 heavy (non-hydrogen) atoms. The van der Waals surface area contributed by atoms with Crippen LogP contribution in [-0.2, 0) is 14.4 Å². The molecular weight excluding hydrogens is 246 g/mol. The van der Waals surface area contributed by atoms with Crippen LogP contribution in [0.1, 0.15) is 38.5 Å². The topological polar surface area (TPSA) is 83.5 Å². The lowest BCUT2D eigenvalue weighted by atomic mass is 9.51. The van der Waals surface area contributed by atoms with E-state index in [9.17, 15) is 14.4 Å². The number of nitrogens with one attached hydrogen (secondary N) is 1. The molecule has 0 aromatic carbocycles. The van der Waals surface area contributed by atoms with Crippen molar-refractivity contribution in [3.63, 3.8) is 0 Å². The second-order valence-corrected chi connectivity index (χ2v) is 6.44. The Morgan fingerprint density at radius 3 is 1.95 bits per heavy atom. The van der Waals surface area contributed by atoms with Crippen molar-refractivity contribution in [1.29, 1.82) is 0 Å². The summed E-state index contributed by atoms with van der Waals surface area (Å²) in [5.41, 5.74) is 0. The third kappa shape index (κ3) is 2.38. The van der Waals surface area contributed by atoms with Crippen molar-refractivity contribution in [1.82, 2.24) is 5.32 Å². The highest BCUT2D eigenvalue weighted by Crippen LogP contribution is 2.56. The fourth-order valence-electron chi connectivity index (χ4n) is 4.76. The summed E-state index contributed by atoms with van der Waals surface area (Å²) in [4.78, 5) is 34.0. The normalized spacial score (nSPS) is 39.1. The highest BCUT2D eigenvalue weighted by Gasteiger charge is 2.50. The van der Waals surface area contributed by atoms with E-state index in [4.69, 9.17) is 5.11 Å². The molecule has 4 rings (SSSR count). The second kappa shape index (κ2) is 4.62. The highest BCUT2D eigenvalue weighted by atomic mass is 16.4. The fraction of sp³-hybridized carbons (Fsp3) is 0.786. The Hall–Kier alpha value is -1.39. The van der Waals surface area contributed by atoms with Gasteiger partial charge < -0.3 is 5.11 Å². The molecular formula is C14H19NO4. The van der Waals surface area contributed by atoms with Gasteiger partial charge in [0.1, 0.15) is 6.42 Å². The summed E-state index contributed by atoms with van der Waals surface area (Å²) < 4.78 is 0. The molecule has 0 unspecified atom stereocenters. The molecule has 4 fully saturated rings. The molecule has 2 N–H and O–H groups in total. The standard InChI is InChI=1S/C14H19NO4/c16-11(6-12(17)18)15-14(19)13-9-2-7-1-8(4-9)5-10(13)3-7/h7-10,13H,1-6H2,(H,17,18)(H,15,16,19). The quantitative estimate of drug-likeness (QED) is 0.750. The molecule has 0 radical (unpaired) electrons. The Morgan fingerprint density at radius 2 is 1.47 bits per heavy atom.